The van der Waals surface area contributed by atoms with Gasteiger partial charge in [-0.3, -0.25) is 0 Å². The summed E-state index contributed by atoms with van der Waals surface area (Å²) in [4.78, 5) is 0.660. The van der Waals surface area contributed by atoms with Gasteiger partial charge in [-0.15, -0.1) is 11.8 Å². The molecule has 0 aliphatic heterocycles. The molecule has 2 aromatic carbocycles. The van der Waals surface area contributed by atoms with E-state index in [1.165, 1.54) is 42.1 Å². The molecule has 2 N–H and O–H groups in total. The maximum atomic E-state index is 12.7. The fourth-order valence-electron chi connectivity index (χ4n) is 2.76. The molecule has 172 valence electrons. The second kappa shape index (κ2) is 11.1. The molecule has 32 heavy (non-hydrogen) atoms. The van der Waals surface area contributed by atoms with Crippen LogP contribution in [-0.4, -0.2) is 12.7 Å². The molecule has 0 fully saturated rings. The highest BCUT2D eigenvalue weighted by molar-refractivity contribution is 8.02. The van der Waals surface area contributed by atoms with Gasteiger partial charge in [0.05, 0.1) is 11.1 Å². The zero-order valence-electron chi connectivity index (χ0n) is 17.2. The SMILES string of the molecule is CCC(Oc1ccc(C#N)c(OC(F)F)c1)/C(SCc1ccc(C(F)(F)F)cc1)=C(\C)N. The zero-order valence-corrected chi connectivity index (χ0v) is 18.1. The predicted molar refractivity (Wildman–Crippen MR) is 112 cm³/mol. The first kappa shape index (κ1) is 25.3. The van der Waals surface area contributed by atoms with E-state index in [0.717, 1.165) is 12.1 Å². The van der Waals surface area contributed by atoms with Gasteiger partial charge >= 0.3 is 12.8 Å². The van der Waals surface area contributed by atoms with E-state index in [-0.39, 0.29) is 17.1 Å². The van der Waals surface area contributed by atoms with Crippen LogP contribution in [0.1, 0.15) is 37.0 Å². The van der Waals surface area contributed by atoms with E-state index in [1.54, 1.807) is 13.0 Å². The summed E-state index contributed by atoms with van der Waals surface area (Å²) in [5.41, 5.74) is 6.36. The van der Waals surface area contributed by atoms with Crippen molar-refractivity contribution < 1.29 is 31.4 Å². The molecule has 0 spiro atoms. The van der Waals surface area contributed by atoms with Crippen molar-refractivity contribution in [3.05, 3.63) is 69.8 Å². The predicted octanol–water partition coefficient (Wildman–Crippen LogP) is 6.46. The van der Waals surface area contributed by atoms with Gasteiger partial charge in [0.1, 0.15) is 23.7 Å². The Morgan fingerprint density at radius 2 is 1.78 bits per heavy atom. The molecule has 1 unspecified atom stereocenters. The lowest BCUT2D eigenvalue weighted by Gasteiger charge is -2.22. The molecular formula is C22H21F5N2O2S. The number of allylic oxidation sites excluding steroid dienone is 1. The lowest BCUT2D eigenvalue weighted by Crippen LogP contribution is -2.20. The Morgan fingerprint density at radius 3 is 2.28 bits per heavy atom. The molecular weight excluding hydrogens is 451 g/mol. The Morgan fingerprint density at radius 1 is 1.12 bits per heavy atom. The first-order chi connectivity index (χ1) is 15.0. The van der Waals surface area contributed by atoms with Crippen molar-refractivity contribution in [2.45, 2.75) is 44.9 Å². The van der Waals surface area contributed by atoms with Crippen molar-refractivity contribution in [2.24, 2.45) is 5.73 Å². The van der Waals surface area contributed by atoms with Crippen molar-refractivity contribution in [1.82, 2.24) is 0 Å². The van der Waals surface area contributed by atoms with E-state index < -0.39 is 24.5 Å². The molecule has 0 aromatic heterocycles. The number of thioether (sulfide) groups is 1. The van der Waals surface area contributed by atoms with Crippen molar-refractivity contribution in [3.8, 4) is 17.6 Å². The maximum Gasteiger partial charge on any atom is 0.416 e. The molecule has 0 saturated carbocycles. The summed E-state index contributed by atoms with van der Waals surface area (Å²) < 4.78 is 73.7. The quantitative estimate of drug-likeness (QED) is 0.424. The summed E-state index contributed by atoms with van der Waals surface area (Å²) in [6, 6.07) is 10.6. The van der Waals surface area contributed by atoms with Gasteiger partial charge < -0.3 is 15.2 Å². The lowest BCUT2D eigenvalue weighted by molar-refractivity contribution is -0.137. The van der Waals surface area contributed by atoms with Crippen LogP contribution in [0.25, 0.3) is 0 Å². The molecule has 0 heterocycles. The first-order valence-electron chi connectivity index (χ1n) is 9.46. The summed E-state index contributed by atoms with van der Waals surface area (Å²) >= 11 is 1.32. The standard InChI is InChI=1S/C22H21F5N2O2S/c1-3-18(30-17-9-6-15(11-28)19(10-17)31-21(23)24)20(13(2)29)32-12-14-4-7-16(8-5-14)22(25,26)27/h4-10,18,21H,3,12,29H2,1-2H3/b20-13-. The zero-order chi connectivity index (χ0) is 23.9. The fourth-order valence-corrected chi connectivity index (χ4v) is 3.90. The van der Waals surface area contributed by atoms with Crippen LogP contribution in [0.15, 0.2) is 53.1 Å². The Kier molecular flexibility index (Phi) is 8.78. The Bertz CT molecular complexity index is 981. The molecule has 0 aliphatic rings. The molecule has 10 heteroatoms. The van der Waals surface area contributed by atoms with Crippen LogP contribution >= 0.6 is 11.8 Å². The highest BCUT2D eigenvalue weighted by Gasteiger charge is 2.30. The van der Waals surface area contributed by atoms with Crippen molar-refractivity contribution in [1.29, 1.82) is 5.26 Å². The van der Waals surface area contributed by atoms with Crippen LogP contribution in [0.4, 0.5) is 22.0 Å². The lowest BCUT2D eigenvalue weighted by atomic mass is 10.1. The minimum atomic E-state index is -4.40. The van der Waals surface area contributed by atoms with E-state index in [2.05, 4.69) is 4.74 Å². The van der Waals surface area contributed by atoms with Crippen LogP contribution in [-0.2, 0) is 11.9 Å². The minimum absolute atomic E-state index is 0.0619. The van der Waals surface area contributed by atoms with E-state index in [1.807, 2.05) is 6.92 Å². The fraction of sp³-hybridized carbons (Fsp3) is 0.318. The molecule has 2 aromatic rings. The third-order valence-corrected chi connectivity index (χ3v) is 5.67. The Labute approximate surface area is 186 Å². The van der Waals surface area contributed by atoms with Gasteiger partial charge in [0.15, 0.2) is 0 Å². The average Bonchev–Trinajstić information content (AvgIpc) is 2.72. The van der Waals surface area contributed by atoms with Crippen LogP contribution in [0.3, 0.4) is 0 Å². The smallest absolute Gasteiger partial charge is 0.416 e. The molecule has 0 aliphatic carbocycles. The third kappa shape index (κ3) is 7.05. The summed E-state index contributed by atoms with van der Waals surface area (Å²) in [7, 11) is 0. The van der Waals surface area contributed by atoms with Crippen molar-refractivity contribution in [3.63, 3.8) is 0 Å². The minimum Gasteiger partial charge on any atom is -0.485 e. The number of nitriles is 1. The maximum absolute atomic E-state index is 12.7. The molecule has 0 saturated heterocycles. The molecule has 2 rings (SSSR count). The Balaban J connectivity index is 2.17. The molecule has 0 amide bonds. The summed E-state index contributed by atoms with van der Waals surface area (Å²) in [5.74, 6) is 0.261. The van der Waals surface area contributed by atoms with Gasteiger partial charge in [-0.05, 0) is 43.2 Å². The Hall–Kier alpha value is -2.93. The van der Waals surface area contributed by atoms with Gasteiger partial charge in [-0.2, -0.15) is 27.2 Å². The number of benzene rings is 2. The number of hydrogen-bond acceptors (Lipinski definition) is 5. The normalized spacial score (nSPS) is 13.3. The number of hydrogen-bond donors (Lipinski definition) is 1. The number of rotatable bonds is 9. The number of nitrogens with two attached hydrogens (primary N) is 1. The van der Waals surface area contributed by atoms with Crippen molar-refractivity contribution in [2.75, 3.05) is 0 Å². The van der Waals surface area contributed by atoms with Crippen LogP contribution in [0, 0.1) is 11.3 Å². The first-order valence-corrected chi connectivity index (χ1v) is 10.4. The number of ether oxygens (including phenoxy) is 2. The largest absolute Gasteiger partial charge is 0.485 e. The van der Waals surface area contributed by atoms with E-state index >= 15 is 0 Å². The topological polar surface area (TPSA) is 68.3 Å². The number of halogens is 5. The van der Waals surface area contributed by atoms with E-state index in [0.29, 0.717) is 28.3 Å². The highest BCUT2D eigenvalue weighted by atomic mass is 32.2. The van der Waals surface area contributed by atoms with E-state index in [4.69, 9.17) is 15.7 Å². The summed E-state index contributed by atoms with van der Waals surface area (Å²) in [6.07, 6.45) is -4.46. The van der Waals surface area contributed by atoms with Gasteiger partial charge in [0.2, 0.25) is 0 Å². The molecule has 0 radical (unpaired) electrons. The molecule has 4 nitrogen and oxygen atoms in total. The number of alkyl halides is 5. The molecule has 0 bridgehead atoms. The van der Waals surface area contributed by atoms with E-state index in [9.17, 15) is 22.0 Å². The van der Waals surface area contributed by atoms with Gasteiger partial charge in [-0.1, -0.05) is 19.1 Å². The highest BCUT2D eigenvalue weighted by Crippen LogP contribution is 2.34. The van der Waals surface area contributed by atoms with Gasteiger partial charge in [-0.25, -0.2) is 0 Å². The monoisotopic (exact) mass is 472 g/mol. The van der Waals surface area contributed by atoms with Crippen LogP contribution in [0.5, 0.6) is 11.5 Å². The second-order valence-electron chi connectivity index (χ2n) is 6.69. The van der Waals surface area contributed by atoms with Gasteiger partial charge in [0.25, 0.3) is 0 Å². The second-order valence-corrected chi connectivity index (χ2v) is 7.71. The van der Waals surface area contributed by atoms with Crippen molar-refractivity contribution >= 4 is 11.8 Å². The average molecular weight is 472 g/mol. The van der Waals surface area contributed by atoms with Gasteiger partial charge in [0, 0.05) is 22.4 Å². The third-order valence-electron chi connectivity index (χ3n) is 4.30. The van der Waals surface area contributed by atoms with Crippen LogP contribution in [0.2, 0.25) is 0 Å². The van der Waals surface area contributed by atoms with Crippen LogP contribution < -0.4 is 15.2 Å². The number of nitrogens with zero attached hydrogens (tertiary/aromatic N) is 1. The summed E-state index contributed by atoms with van der Waals surface area (Å²) in [5, 5.41) is 9.05. The summed E-state index contributed by atoms with van der Waals surface area (Å²) in [6.45, 7) is 0.415. The molecule has 1 atom stereocenters.